The van der Waals surface area contributed by atoms with Crippen LogP contribution >= 0.6 is 0 Å². The molecule has 0 atom stereocenters. The van der Waals surface area contributed by atoms with Crippen LogP contribution in [0.4, 0.5) is 0 Å². The van der Waals surface area contributed by atoms with Gasteiger partial charge >= 0.3 is 0 Å². The van der Waals surface area contributed by atoms with Crippen LogP contribution in [0.5, 0.6) is 0 Å². The van der Waals surface area contributed by atoms with Crippen LogP contribution in [-0.2, 0) is 6.42 Å². The largest absolute Gasteiger partial charge is 0.309 e. The highest BCUT2D eigenvalue weighted by Crippen LogP contribution is 2.33. The first kappa shape index (κ1) is 21.9. The van der Waals surface area contributed by atoms with Crippen LogP contribution in [0.3, 0.4) is 0 Å². The summed E-state index contributed by atoms with van der Waals surface area (Å²) < 4.78 is 4.67. The maximum Gasteiger partial charge on any atom is 0.0724 e. The van der Waals surface area contributed by atoms with Crippen LogP contribution in [0.15, 0.2) is 140 Å². The zero-order valence-corrected chi connectivity index (χ0v) is 21.3. The van der Waals surface area contributed by atoms with Gasteiger partial charge < -0.3 is 9.13 Å². The Morgan fingerprint density at radius 3 is 1.31 bits per heavy atom. The predicted molar refractivity (Wildman–Crippen MR) is 162 cm³/mol. The Kier molecular flexibility index (Phi) is 4.89. The Bertz CT molecular complexity index is 1870. The van der Waals surface area contributed by atoms with E-state index in [1.165, 1.54) is 54.9 Å². The summed E-state index contributed by atoms with van der Waals surface area (Å²) in [7, 11) is 0. The standard InChI is InChI=1S/C36H25N3/c1-4-10-33-29(7-1)30-8-2-5-11-34(30)38(33)27-17-13-25(14-18-27)23-26-15-19-28(20-16-26)39-35-12-6-3-9-31(35)32-21-22-37-24-36(32)39/h1-22,24H,23H2. The molecule has 3 nitrogen and oxygen atoms in total. The van der Waals surface area contributed by atoms with Crippen molar-refractivity contribution in [2.75, 3.05) is 0 Å². The van der Waals surface area contributed by atoms with Gasteiger partial charge in [0, 0.05) is 39.1 Å². The van der Waals surface area contributed by atoms with E-state index in [1.54, 1.807) is 0 Å². The van der Waals surface area contributed by atoms with Crippen molar-refractivity contribution >= 4 is 43.6 Å². The monoisotopic (exact) mass is 499 g/mol. The highest BCUT2D eigenvalue weighted by molar-refractivity contribution is 6.10. The van der Waals surface area contributed by atoms with Crippen LogP contribution < -0.4 is 0 Å². The lowest BCUT2D eigenvalue weighted by molar-refractivity contribution is 1.13. The fourth-order valence-corrected chi connectivity index (χ4v) is 6.06. The zero-order valence-electron chi connectivity index (χ0n) is 21.3. The molecular weight excluding hydrogens is 474 g/mol. The number of benzene rings is 5. The van der Waals surface area contributed by atoms with E-state index in [0.29, 0.717) is 0 Å². The first-order valence-electron chi connectivity index (χ1n) is 13.4. The molecule has 184 valence electrons. The summed E-state index contributed by atoms with van der Waals surface area (Å²) in [5.41, 5.74) is 9.74. The van der Waals surface area contributed by atoms with Gasteiger partial charge in [-0.15, -0.1) is 0 Å². The normalized spacial score (nSPS) is 11.7. The van der Waals surface area contributed by atoms with Gasteiger partial charge in [-0.2, -0.15) is 0 Å². The molecule has 0 aliphatic rings. The van der Waals surface area contributed by atoms with E-state index in [2.05, 4.69) is 142 Å². The van der Waals surface area contributed by atoms with Crippen molar-refractivity contribution in [2.45, 2.75) is 6.42 Å². The fraction of sp³-hybridized carbons (Fsp3) is 0.0278. The number of para-hydroxylation sites is 3. The van der Waals surface area contributed by atoms with E-state index >= 15 is 0 Å². The molecule has 0 spiro atoms. The molecule has 8 rings (SSSR count). The topological polar surface area (TPSA) is 22.8 Å². The molecule has 0 aliphatic heterocycles. The lowest BCUT2D eigenvalue weighted by Gasteiger charge is -2.11. The number of nitrogens with zero attached hydrogens (tertiary/aromatic N) is 3. The fourth-order valence-electron chi connectivity index (χ4n) is 6.06. The van der Waals surface area contributed by atoms with Crippen molar-refractivity contribution < 1.29 is 0 Å². The maximum atomic E-state index is 4.40. The molecule has 0 N–H and O–H groups in total. The number of aromatic nitrogens is 3. The summed E-state index contributed by atoms with van der Waals surface area (Å²) in [5.74, 6) is 0. The van der Waals surface area contributed by atoms with Gasteiger partial charge in [-0.05, 0) is 66.1 Å². The number of fused-ring (bicyclic) bond motifs is 6. The second-order valence-corrected chi connectivity index (χ2v) is 10.1. The van der Waals surface area contributed by atoms with Gasteiger partial charge in [0.15, 0.2) is 0 Å². The summed E-state index contributed by atoms with van der Waals surface area (Å²) >= 11 is 0. The molecule has 3 heteroatoms. The highest BCUT2D eigenvalue weighted by atomic mass is 15.0. The molecule has 0 amide bonds. The first-order valence-corrected chi connectivity index (χ1v) is 13.4. The number of rotatable bonds is 4. The Morgan fingerprint density at radius 2 is 0.821 bits per heavy atom. The minimum Gasteiger partial charge on any atom is -0.309 e. The molecule has 0 fully saturated rings. The molecule has 0 saturated carbocycles. The van der Waals surface area contributed by atoms with Crippen LogP contribution in [0.25, 0.3) is 55.0 Å². The number of hydrogen-bond acceptors (Lipinski definition) is 1. The summed E-state index contributed by atoms with van der Waals surface area (Å²) in [6.07, 6.45) is 4.72. The van der Waals surface area contributed by atoms with Crippen LogP contribution in [0.2, 0.25) is 0 Å². The van der Waals surface area contributed by atoms with Gasteiger partial charge in [0.05, 0.1) is 28.3 Å². The summed E-state index contributed by atoms with van der Waals surface area (Å²) in [6.45, 7) is 0. The minimum atomic E-state index is 0.891. The Balaban J connectivity index is 1.12. The quantitative estimate of drug-likeness (QED) is 0.237. The van der Waals surface area contributed by atoms with Crippen molar-refractivity contribution in [1.29, 1.82) is 0 Å². The second kappa shape index (κ2) is 8.71. The van der Waals surface area contributed by atoms with Crippen molar-refractivity contribution in [1.82, 2.24) is 14.1 Å². The summed E-state index contributed by atoms with van der Waals surface area (Å²) in [5, 5.41) is 5.06. The van der Waals surface area contributed by atoms with E-state index in [9.17, 15) is 0 Å². The van der Waals surface area contributed by atoms with Gasteiger partial charge in [-0.3, -0.25) is 4.98 Å². The Morgan fingerprint density at radius 1 is 0.410 bits per heavy atom. The van der Waals surface area contributed by atoms with Crippen molar-refractivity contribution in [3.63, 3.8) is 0 Å². The molecular formula is C36H25N3. The third-order valence-corrected chi connectivity index (χ3v) is 7.85. The SMILES string of the molecule is c1ccc2c(c1)c1ccccc1n2-c1ccc(Cc2ccc(-n3c4ccccc4c4ccncc43)cc2)cc1. The smallest absolute Gasteiger partial charge is 0.0724 e. The van der Waals surface area contributed by atoms with E-state index in [0.717, 1.165) is 17.6 Å². The van der Waals surface area contributed by atoms with E-state index in [4.69, 9.17) is 0 Å². The van der Waals surface area contributed by atoms with Crippen molar-refractivity contribution in [3.05, 3.63) is 151 Å². The minimum absolute atomic E-state index is 0.891. The molecule has 0 saturated heterocycles. The van der Waals surface area contributed by atoms with Gasteiger partial charge in [0.25, 0.3) is 0 Å². The number of hydrogen-bond donors (Lipinski definition) is 0. The molecule has 0 bridgehead atoms. The van der Waals surface area contributed by atoms with E-state index < -0.39 is 0 Å². The maximum absolute atomic E-state index is 4.40. The Labute approximate surface area is 226 Å². The second-order valence-electron chi connectivity index (χ2n) is 10.1. The van der Waals surface area contributed by atoms with Gasteiger partial charge in [0.1, 0.15) is 0 Å². The highest BCUT2D eigenvalue weighted by Gasteiger charge is 2.13. The van der Waals surface area contributed by atoms with E-state index in [1.807, 2.05) is 12.4 Å². The molecule has 0 unspecified atom stereocenters. The molecule has 8 aromatic rings. The molecule has 3 aromatic heterocycles. The molecule has 5 aromatic carbocycles. The van der Waals surface area contributed by atoms with Crippen LogP contribution in [0.1, 0.15) is 11.1 Å². The van der Waals surface area contributed by atoms with Gasteiger partial charge in [0.2, 0.25) is 0 Å². The van der Waals surface area contributed by atoms with Gasteiger partial charge in [-0.1, -0.05) is 78.9 Å². The summed E-state index contributed by atoms with van der Waals surface area (Å²) in [6, 6.07) is 45.9. The molecule has 3 heterocycles. The Hall–Kier alpha value is -5.15. The van der Waals surface area contributed by atoms with Crippen LogP contribution in [-0.4, -0.2) is 14.1 Å². The van der Waals surface area contributed by atoms with Crippen molar-refractivity contribution in [2.24, 2.45) is 0 Å². The summed E-state index contributed by atoms with van der Waals surface area (Å²) in [4.78, 5) is 4.40. The lowest BCUT2D eigenvalue weighted by Crippen LogP contribution is -1.96. The molecule has 0 aliphatic carbocycles. The number of pyridine rings is 1. The third-order valence-electron chi connectivity index (χ3n) is 7.85. The molecule has 39 heavy (non-hydrogen) atoms. The van der Waals surface area contributed by atoms with Crippen LogP contribution in [0, 0.1) is 0 Å². The lowest BCUT2D eigenvalue weighted by atomic mass is 10.0. The van der Waals surface area contributed by atoms with E-state index in [-0.39, 0.29) is 0 Å². The van der Waals surface area contributed by atoms with Gasteiger partial charge in [-0.25, -0.2) is 0 Å². The predicted octanol–water partition coefficient (Wildman–Crippen LogP) is 8.87. The zero-order chi connectivity index (χ0) is 25.8. The third kappa shape index (κ3) is 3.48. The average molecular weight is 500 g/mol. The first-order chi connectivity index (χ1) is 19.3. The molecule has 0 radical (unpaired) electrons. The average Bonchev–Trinajstić information content (AvgIpc) is 3.51. The van der Waals surface area contributed by atoms with Crippen molar-refractivity contribution in [3.8, 4) is 11.4 Å².